The van der Waals surface area contributed by atoms with Crippen molar-refractivity contribution in [1.82, 2.24) is 10.2 Å². The van der Waals surface area contributed by atoms with E-state index in [9.17, 15) is 18.0 Å². The van der Waals surface area contributed by atoms with E-state index < -0.39 is 28.5 Å². The summed E-state index contributed by atoms with van der Waals surface area (Å²) in [6, 6.07) is 11.0. The largest absolute Gasteiger partial charge is 0.352 e. The number of nitrogens with one attached hydrogen (secondary N) is 1. The van der Waals surface area contributed by atoms with Gasteiger partial charge < -0.3 is 10.2 Å². The van der Waals surface area contributed by atoms with Gasteiger partial charge in [-0.05, 0) is 56.5 Å². The molecule has 2 amide bonds. The van der Waals surface area contributed by atoms with E-state index >= 15 is 0 Å². The van der Waals surface area contributed by atoms with E-state index in [1.54, 1.807) is 43.3 Å². The zero-order valence-corrected chi connectivity index (χ0v) is 23.0. The molecule has 0 unspecified atom stereocenters. The minimum Gasteiger partial charge on any atom is -0.352 e. The average molecular weight is 543 g/mol. The summed E-state index contributed by atoms with van der Waals surface area (Å²) in [5, 5.41) is 3.63. The van der Waals surface area contributed by atoms with Crippen LogP contribution < -0.4 is 9.62 Å². The van der Waals surface area contributed by atoms with Gasteiger partial charge in [-0.1, -0.05) is 55.2 Å². The Hall–Kier alpha value is -2.29. The number of sulfonamides is 1. The number of aryl methyl sites for hydroxylation is 1. The summed E-state index contributed by atoms with van der Waals surface area (Å²) in [7, 11) is -3.79. The number of nitrogens with zero attached hydrogens (tertiary/aromatic N) is 2. The smallest absolute Gasteiger partial charge is 0.244 e. The van der Waals surface area contributed by atoms with Gasteiger partial charge in [0.1, 0.15) is 12.6 Å². The fourth-order valence-electron chi connectivity index (χ4n) is 3.61. The minimum atomic E-state index is -3.79. The summed E-state index contributed by atoms with van der Waals surface area (Å²) in [6.07, 6.45) is 2.09. The zero-order valence-electron chi connectivity index (χ0n) is 20.7. The third kappa shape index (κ3) is 7.85. The molecule has 7 nitrogen and oxygen atoms in total. The molecule has 0 spiro atoms. The number of carbonyl (C=O) groups is 2. The van der Waals surface area contributed by atoms with Gasteiger partial charge in [-0.2, -0.15) is 0 Å². The van der Waals surface area contributed by atoms with Crippen molar-refractivity contribution in [3.05, 3.63) is 63.6 Å². The van der Waals surface area contributed by atoms with Gasteiger partial charge in [-0.15, -0.1) is 0 Å². The first kappa shape index (κ1) is 28.9. The topological polar surface area (TPSA) is 86.8 Å². The monoisotopic (exact) mass is 541 g/mol. The number of carbonyl (C=O) groups excluding carboxylic acids is 2. The van der Waals surface area contributed by atoms with Crippen LogP contribution in [0.5, 0.6) is 0 Å². The van der Waals surface area contributed by atoms with E-state index in [1.807, 2.05) is 26.8 Å². The molecular weight excluding hydrogens is 509 g/mol. The summed E-state index contributed by atoms with van der Waals surface area (Å²) in [5.41, 5.74) is 1.71. The fourth-order valence-corrected chi connectivity index (χ4v) is 4.97. The van der Waals surface area contributed by atoms with Crippen LogP contribution in [0.3, 0.4) is 0 Å². The maximum Gasteiger partial charge on any atom is 0.244 e. The normalized spacial score (nSPS) is 13.1. The van der Waals surface area contributed by atoms with Gasteiger partial charge in [0, 0.05) is 28.2 Å². The lowest BCUT2D eigenvalue weighted by Gasteiger charge is -2.33. The molecular formula is C25H33Cl2N3O4S. The van der Waals surface area contributed by atoms with Gasteiger partial charge in [0.25, 0.3) is 0 Å². The highest BCUT2D eigenvalue weighted by Crippen LogP contribution is 2.28. The Balaban J connectivity index is 2.50. The zero-order chi connectivity index (χ0) is 26.3. The average Bonchev–Trinajstić information content (AvgIpc) is 2.78. The van der Waals surface area contributed by atoms with Crippen molar-refractivity contribution < 1.29 is 18.0 Å². The molecule has 0 saturated heterocycles. The molecule has 0 saturated carbocycles. The SMILES string of the molecule is CC[C@@H](C)NC(=O)[C@@H](CC)N(Cc1c(Cl)cccc1Cl)C(=O)CN(c1cccc(C)c1)S(C)(=O)=O. The van der Waals surface area contributed by atoms with Gasteiger partial charge in [0.15, 0.2) is 0 Å². The molecule has 0 fully saturated rings. The van der Waals surface area contributed by atoms with Crippen molar-refractivity contribution in [2.24, 2.45) is 0 Å². The van der Waals surface area contributed by atoms with Crippen LogP contribution in [0.25, 0.3) is 0 Å². The van der Waals surface area contributed by atoms with Crippen molar-refractivity contribution in [1.29, 1.82) is 0 Å². The van der Waals surface area contributed by atoms with Crippen LogP contribution in [-0.2, 0) is 26.2 Å². The second-order valence-corrected chi connectivity index (χ2v) is 11.3. The Morgan fingerprint density at radius 1 is 1.03 bits per heavy atom. The quantitative estimate of drug-likeness (QED) is 0.443. The van der Waals surface area contributed by atoms with Crippen LogP contribution in [0.4, 0.5) is 5.69 Å². The van der Waals surface area contributed by atoms with E-state index in [0.717, 1.165) is 22.5 Å². The van der Waals surface area contributed by atoms with E-state index in [1.165, 1.54) is 4.90 Å². The lowest BCUT2D eigenvalue weighted by Crippen LogP contribution is -2.53. The lowest BCUT2D eigenvalue weighted by atomic mass is 10.1. The molecule has 0 aliphatic rings. The number of benzene rings is 2. The molecule has 2 aromatic carbocycles. The standard InChI is InChI=1S/C25H33Cl2N3O4S/c1-6-18(4)28-25(32)23(7-2)29(15-20-21(26)12-9-13-22(20)27)24(31)16-30(35(5,33)34)19-11-8-10-17(3)14-19/h8-14,18,23H,6-7,15-16H2,1-5H3,(H,28,32)/t18-,23-/m1/s1. The highest BCUT2D eigenvalue weighted by Gasteiger charge is 2.32. The first-order valence-corrected chi connectivity index (χ1v) is 14.1. The molecule has 0 aromatic heterocycles. The molecule has 2 atom stereocenters. The Labute approximate surface area is 218 Å². The number of anilines is 1. The van der Waals surface area contributed by atoms with Crippen molar-refractivity contribution in [2.75, 3.05) is 17.1 Å². The van der Waals surface area contributed by atoms with Crippen molar-refractivity contribution in [3.8, 4) is 0 Å². The van der Waals surface area contributed by atoms with Gasteiger partial charge in [0.05, 0.1) is 11.9 Å². The third-order valence-electron chi connectivity index (χ3n) is 5.75. The van der Waals surface area contributed by atoms with E-state index in [0.29, 0.717) is 27.7 Å². The molecule has 0 aliphatic heterocycles. The number of hydrogen-bond acceptors (Lipinski definition) is 4. The van der Waals surface area contributed by atoms with Gasteiger partial charge >= 0.3 is 0 Å². The fraction of sp³-hybridized carbons (Fsp3) is 0.440. The second-order valence-electron chi connectivity index (χ2n) is 8.57. The van der Waals surface area contributed by atoms with E-state index in [4.69, 9.17) is 23.2 Å². The van der Waals surface area contributed by atoms with Crippen LogP contribution in [-0.4, -0.2) is 50.0 Å². The summed E-state index contributed by atoms with van der Waals surface area (Å²) in [5.74, 6) is -0.862. The maximum absolute atomic E-state index is 13.7. The molecule has 0 bridgehead atoms. The highest BCUT2D eigenvalue weighted by molar-refractivity contribution is 7.92. The summed E-state index contributed by atoms with van der Waals surface area (Å²) in [6.45, 7) is 6.94. The molecule has 2 rings (SSSR count). The van der Waals surface area contributed by atoms with Crippen molar-refractivity contribution in [3.63, 3.8) is 0 Å². The summed E-state index contributed by atoms with van der Waals surface area (Å²) < 4.78 is 26.4. The first-order valence-electron chi connectivity index (χ1n) is 11.5. The molecule has 0 aliphatic carbocycles. The molecule has 10 heteroatoms. The maximum atomic E-state index is 13.7. The lowest BCUT2D eigenvalue weighted by molar-refractivity contribution is -0.140. The van der Waals surface area contributed by atoms with Crippen LogP contribution in [0.15, 0.2) is 42.5 Å². The highest BCUT2D eigenvalue weighted by atomic mass is 35.5. The van der Waals surface area contributed by atoms with Crippen LogP contribution in [0.2, 0.25) is 10.0 Å². The van der Waals surface area contributed by atoms with Gasteiger partial charge in [0.2, 0.25) is 21.8 Å². The molecule has 192 valence electrons. The van der Waals surface area contributed by atoms with Crippen molar-refractivity contribution in [2.45, 2.75) is 59.2 Å². The number of halogens is 2. The number of hydrogen-bond donors (Lipinski definition) is 1. The Morgan fingerprint density at radius 2 is 1.63 bits per heavy atom. The molecule has 2 aromatic rings. The minimum absolute atomic E-state index is 0.0464. The second kappa shape index (κ2) is 12.6. The summed E-state index contributed by atoms with van der Waals surface area (Å²) >= 11 is 12.7. The van der Waals surface area contributed by atoms with E-state index in [2.05, 4.69) is 5.32 Å². The Morgan fingerprint density at radius 3 is 2.14 bits per heavy atom. The molecule has 1 N–H and O–H groups in total. The van der Waals surface area contributed by atoms with Crippen LogP contribution >= 0.6 is 23.2 Å². The van der Waals surface area contributed by atoms with Crippen LogP contribution in [0, 0.1) is 6.92 Å². The van der Waals surface area contributed by atoms with Gasteiger partial charge in [-0.3, -0.25) is 13.9 Å². The van der Waals surface area contributed by atoms with Gasteiger partial charge in [-0.25, -0.2) is 8.42 Å². The third-order valence-corrected chi connectivity index (χ3v) is 7.59. The Kier molecular flexibility index (Phi) is 10.4. The summed E-state index contributed by atoms with van der Waals surface area (Å²) in [4.78, 5) is 28.2. The number of rotatable bonds is 11. The molecule has 0 radical (unpaired) electrons. The molecule has 35 heavy (non-hydrogen) atoms. The van der Waals surface area contributed by atoms with E-state index in [-0.39, 0.29) is 18.5 Å². The van der Waals surface area contributed by atoms with Crippen molar-refractivity contribution >= 4 is 50.7 Å². The predicted molar refractivity (Wildman–Crippen MR) is 142 cm³/mol. The molecule has 0 heterocycles. The number of amides is 2. The Bertz CT molecular complexity index is 1140. The predicted octanol–water partition coefficient (Wildman–Crippen LogP) is 4.79. The first-order chi connectivity index (χ1) is 16.4. The van der Waals surface area contributed by atoms with Crippen LogP contribution in [0.1, 0.15) is 44.7 Å².